The second-order valence-corrected chi connectivity index (χ2v) is 7.33. The van der Waals surface area contributed by atoms with Crippen molar-refractivity contribution >= 4 is 21.6 Å². The molecule has 0 aromatic heterocycles. The molecule has 3 N–H and O–H groups in total. The van der Waals surface area contributed by atoms with Crippen LogP contribution in [0.1, 0.15) is 25.3 Å². The van der Waals surface area contributed by atoms with Crippen molar-refractivity contribution in [2.24, 2.45) is 5.73 Å². The van der Waals surface area contributed by atoms with E-state index in [0.29, 0.717) is 36.6 Å². The largest absolute Gasteiger partial charge is 0.381 e. The summed E-state index contributed by atoms with van der Waals surface area (Å²) in [5.41, 5.74) is 5.70. The summed E-state index contributed by atoms with van der Waals surface area (Å²) >= 11 is 5.95. The van der Waals surface area contributed by atoms with Crippen LogP contribution in [0, 0.1) is 0 Å². The van der Waals surface area contributed by atoms with Crippen molar-refractivity contribution in [2.75, 3.05) is 13.2 Å². The number of nitrogens with one attached hydrogen (secondary N) is 1. The van der Waals surface area contributed by atoms with Gasteiger partial charge >= 0.3 is 0 Å². The number of sulfonamides is 1. The van der Waals surface area contributed by atoms with Crippen LogP contribution >= 0.6 is 11.6 Å². The highest BCUT2D eigenvalue weighted by Gasteiger charge is 2.32. The van der Waals surface area contributed by atoms with Crippen molar-refractivity contribution in [3.05, 3.63) is 28.8 Å². The Labute approximate surface area is 124 Å². The van der Waals surface area contributed by atoms with Crippen molar-refractivity contribution in [1.82, 2.24) is 4.72 Å². The molecule has 0 atom stereocenters. The maximum Gasteiger partial charge on any atom is 0.241 e. The molecule has 0 aliphatic carbocycles. The Balaban J connectivity index is 2.26. The van der Waals surface area contributed by atoms with Crippen LogP contribution in [0.25, 0.3) is 0 Å². The van der Waals surface area contributed by atoms with Gasteiger partial charge in [-0.25, -0.2) is 13.1 Å². The first-order valence-electron chi connectivity index (χ1n) is 6.46. The number of benzene rings is 1. The Bertz CT molecular complexity index is 583. The lowest BCUT2D eigenvalue weighted by atomic mass is 9.94. The first kappa shape index (κ1) is 15.7. The van der Waals surface area contributed by atoms with E-state index < -0.39 is 15.6 Å². The summed E-state index contributed by atoms with van der Waals surface area (Å²) in [5, 5.41) is 0.476. The lowest BCUT2D eigenvalue weighted by Gasteiger charge is -2.34. The van der Waals surface area contributed by atoms with Crippen LogP contribution < -0.4 is 10.5 Å². The minimum atomic E-state index is -3.59. The van der Waals surface area contributed by atoms with Gasteiger partial charge in [0, 0.05) is 30.3 Å². The zero-order valence-corrected chi connectivity index (χ0v) is 12.9. The fraction of sp³-hybridized carbons (Fsp3) is 0.538. The van der Waals surface area contributed by atoms with Gasteiger partial charge in [-0.1, -0.05) is 11.6 Å². The van der Waals surface area contributed by atoms with Crippen LogP contribution in [0.15, 0.2) is 23.1 Å². The molecule has 1 saturated heterocycles. The summed E-state index contributed by atoms with van der Waals surface area (Å²) in [6.45, 7) is 3.22. The Hall–Kier alpha value is -0.660. The zero-order chi connectivity index (χ0) is 14.8. The van der Waals surface area contributed by atoms with E-state index in [1.807, 2.05) is 6.92 Å². The smallest absolute Gasteiger partial charge is 0.241 e. The van der Waals surface area contributed by atoms with Crippen LogP contribution in [0.2, 0.25) is 5.02 Å². The van der Waals surface area contributed by atoms with Gasteiger partial charge in [0.05, 0.1) is 4.90 Å². The minimum Gasteiger partial charge on any atom is -0.381 e. The summed E-state index contributed by atoms with van der Waals surface area (Å²) in [6, 6.07) is 4.57. The zero-order valence-electron chi connectivity index (χ0n) is 11.4. The molecule has 0 amide bonds. The highest BCUT2D eigenvalue weighted by molar-refractivity contribution is 7.89. The van der Waals surface area contributed by atoms with Crippen LogP contribution in [0.3, 0.4) is 0 Å². The molecular formula is C13H19ClN2O3S. The maximum atomic E-state index is 12.4. The standard InChI is InChI=1S/C13H19ClN2O3S/c1-13(4-6-19-7-5-13)16-20(17,18)11-2-3-12(14)10(8-11)9-15/h2-3,8,16H,4-7,9,15H2,1H3. The van der Waals surface area contributed by atoms with Gasteiger partial charge in [0.1, 0.15) is 0 Å². The molecule has 0 unspecified atom stereocenters. The topological polar surface area (TPSA) is 81.4 Å². The molecule has 0 radical (unpaired) electrons. The van der Waals surface area contributed by atoms with Gasteiger partial charge in [-0.3, -0.25) is 0 Å². The molecule has 112 valence electrons. The van der Waals surface area contributed by atoms with Crippen LogP contribution in [-0.4, -0.2) is 27.2 Å². The van der Waals surface area contributed by atoms with Gasteiger partial charge in [-0.15, -0.1) is 0 Å². The van der Waals surface area contributed by atoms with Gasteiger partial charge in [-0.05, 0) is 43.5 Å². The number of nitrogens with two attached hydrogens (primary N) is 1. The molecule has 1 fully saturated rings. The molecule has 1 aromatic rings. The molecule has 0 spiro atoms. The van der Waals surface area contributed by atoms with Crippen LogP contribution in [0.5, 0.6) is 0 Å². The summed E-state index contributed by atoms with van der Waals surface area (Å²) in [7, 11) is -3.59. The monoisotopic (exact) mass is 318 g/mol. The molecule has 1 aliphatic heterocycles. The number of hydrogen-bond donors (Lipinski definition) is 2. The number of hydrogen-bond acceptors (Lipinski definition) is 4. The molecule has 5 nitrogen and oxygen atoms in total. The Morgan fingerprint density at radius 1 is 1.40 bits per heavy atom. The van der Waals surface area contributed by atoms with Crippen molar-refractivity contribution in [3.8, 4) is 0 Å². The second kappa shape index (κ2) is 5.99. The fourth-order valence-corrected chi connectivity index (χ4v) is 3.89. The van der Waals surface area contributed by atoms with Crippen LogP contribution in [-0.2, 0) is 21.3 Å². The first-order valence-corrected chi connectivity index (χ1v) is 8.33. The third-order valence-electron chi connectivity index (χ3n) is 3.52. The van der Waals surface area contributed by atoms with E-state index in [2.05, 4.69) is 4.72 Å². The fourth-order valence-electron chi connectivity index (χ4n) is 2.18. The molecule has 2 rings (SSSR count). The van der Waals surface area contributed by atoms with Gasteiger partial charge < -0.3 is 10.5 Å². The quantitative estimate of drug-likeness (QED) is 0.884. The van der Waals surface area contributed by atoms with Crippen molar-refractivity contribution in [1.29, 1.82) is 0 Å². The SMILES string of the molecule is CC1(NS(=O)(=O)c2ccc(Cl)c(CN)c2)CCOCC1. The summed E-state index contributed by atoms with van der Waals surface area (Å²) in [5.74, 6) is 0. The average molecular weight is 319 g/mol. The highest BCUT2D eigenvalue weighted by atomic mass is 35.5. The normalized spacial score (nSPS) is 18.9. The van der Waals surface area contributed by atoms with Gasteiger partial charge in [-0.2, -0.15) is 0 Å². The van der Waals surface area contributed by atoms with Crippen molar-refractivity contribution in [2.45, 2.75) is 36.7 Å². The van der Waals surface area contributed by atoms with E-state index in [-0.39, 0.29) is 11.4 Å². The summed E-state index contributed by atoms with van der Waals surface area (Å²) in [4.78, 5) is 0.190. The Morgan fingerprint density at radius 3 is 2.65 bits per heavy atom. The van der Waals surface area contributed by atoms with E-state index in [4.69, 9.17) is 22.1 Å². The van der Waals surface area contributed by atoms with E-state index in [9.17, 15) is 8.42 Å². The predicted molar refractivity (Wildman–Crippen MR) is 78.1 cm³/mol. The van der Waals surface area contributed by atoms with Crippen molar-refractivity contribution in [3.63, 3.8) is 0 Å². The lowest BCUT2D eigenvalue weighted by molar-refractivity contribution is 0.0537. The third-order valence-corrected chi connectivity index (χ3v) is 5.53. The molecule has 0 bridgehead atoms. The van der Waals surface area contributed by atoms with E-state index in [0.717, 1.165) is 0 Å². The number of rotatable bonds is 4. The predicted octanol–water partition coefficient (Wildman–Crippen LogP) is 1.65. The Morgan fingerprint density at radius 2 is 2.05 bits per heavy atom. The summed E-state index contributed by atoms with van der Waals surface area (Å²) < 4.78 is 32.9. The Kier molecular flexibility index (Phi) is 4.71. The maximum absolute atomic E-state index is 12.4. The number of halogens is 1. The molecule has 0 saturated carbocycles. The van der Waals surface area contributed by atoms with Gasteiger partial charge in [0.15, 0.2) is 0 Å². The molecular weight excluding hydrogens is 300 g/mol. The van der Waals surface area contributed by atoms with Crippen molar-refractivity contribution < 1.29 is 13.2 Å². The lowest BCUT2D eigenvalue weighted by Crippen LogP contribution is -2.49. The van der Waals surface area contributed by atoms with Gasteiger partial charge in [0.2, 0.25) is 10.0 Å². The highest BCUT2D eigenvalue weighted by Crippen LogP contribution is 2.25. The molecule has 1 aliphatic rings. The molecule has 20 heavy (non-hydrogen) atoms. The van der Waals surface area contributed by atoms with Crippen LogP contribution in [0.4, 0.5) is 0 Å². The van der Waals surface area contributed by atoms with Gasteiger partial charge in [0.25, 0.3) is 0 Å². The molecule has 1 aromatic carbocycles. The number of ether oxygens (including phenoxy) is 1. The minimum absolute atomic E-state index is 0.190. The first-order chi connectivity index (χ1) is 9.36. The third kappa shape index (κ3) is 3.51. The molecule has 7 heteroatoms. The molecule has 1 heterocycles. The average Bonchev–Trinajstić information content (AvgIpc) is 2.38. The second-order valence-electron chi connectivity index (χ2n) is 5.24. The van der Waals surface area contributed by atoms with E-state index in [1.54, 1.807) is 6.07 Å². The van der Waals surface area contributed by atoms with E-state index in [1.165, 1.54) is 12.1 Å². The summed E-state index contributed by atoms with van der Waals surface area (Å²) in [6.07, 6.45) is 1.31. The van der Waals surface area contributed by atoms with E-state index >= 15 is 0 Å².